The molecule has 9 heteroatoms. The highest BCUT2D eigenvalue weighted by molar-refractivity contribution is 14.0. The van der Waals surface area contributed by atoms with Crippen LogP contribution in [0.5, 0.6) is 23.0 Å². The molecular weight excluding hydrogens is 535 g/mol. The molecule has 0 bridgehead atoms. The Morgan fingerprint density at radius 1 is 0.879 bits per heavy atom. The molecule has 0 radical (unpaired) electrons. The summed E-state index contributed by atoms with van der Waals surface area (Å²) in [5, 5.41) is 3.47. The molecule has 0 aromatic heterocycles. The zero-order valence-electron chi connectivity index (χ0n) is 20.1. The van der Waals surface area contributed by atoms with Gasteiger partial charge in [0, 0.05) is 46.3 Å². The molecule has 0 unspecified atom stereocenters. The Kier molecular flexibility index (Phi) is 10.9. The molecular formula is C24H35IN4O4. The third-order valence-corrected chi connectivity index (χ3v) is 5.60. The van der Waals surface area contributed by atoms with Gasteiger partial charge in [-0.25, -0.2) is 0 Å². The fourth-order valence-corrected chi connectivity index (χ4v) is 3.90. The smallest absolute Gasteiger partial charge is 0.203 e. The van der Waals surface area contributed by atoms with Crippen LogP contribution in [0.25, 0.3) is 0 Å². The van der Waals surface area contributed by atoms with E-state index in [9.17, 15) is 0 Å². The molecule has 0 aliphatic carbocycles. The quantitative estimate of drug-likeness (QED) is 0.297. The summed E-state index contributed by atoms with van der Waals surface area (Å²) in [5.41, 5.74) is 2.29. The Labute approximate surface area is 213 Å². The highest BCUT2D eigenvalue weighted by atomic mass is 127. The van der Waals surface area contributed by atoms with Gasteiger partial charge in [0.05, 0.1) is 28.4 Å². The fraction of sp³-hybridized carbons (Fsp3) is 0.458. The van der Waals surface area contributed by atoms with Crippen molar-refractivity contribution in [3.63, 3.8) is 0 Å². The Bertz CT molecular complexity index is 892. The molecule has 1 aliphatic rings. The second-order valence-corrected chi connectivity index (χ2v) is 7.55. The summed E-state index contributed by atoms with van der Waals surface area (Å²) >= 11 is 0. The van der Waals surface area contributed by atoms with Gasteiger partial charge in [0.15, 0.2) is 17.5 Å². The summed E-state index contributed by atoms with van der Waals surface area (Å²) in [6.45, 7) is 5.22. The number of guanidine groups is 1. The molecule has 0 atom stereocenters. The summed E-state index contributed by atoms with van der Waals surface area (Å²) in [5.74, 6) is 3.76. The summed E-state index contributed by atoms with van der Waals surface area (Å²) in [6, 6.07) is 12.1. The Hall–Kier alpha value is -2.40. The number of nitrogens with zero attached hydrogens (tertiary/aromatic N) is 3. The SMILES string of the molecule is CN=C(NCc1cccc(OC)c1)N1CCN(Cc2cc(OC)c(OC)c(OC)c2)CC1.I. The van der Waals surface area contributed by atoms with Gasteiger partial charge in [0.25, 0.3) is 0 Å². The molecule has 1 saturated heterocycles. The monoisotopic (exact) mass is 570 g/mol. The van der Waals surface area contributed by atoms with E-state index in [-0.39, 0.29) is 24.0 Å². The highest BCUT2D eigenvalue weighted by Gasteiger charge is 2.21. The van der Waals surface area contributed by atoms with Crippen molar-refractivity contribution in [2.24, 2.45) is 4.99 Å². The maximum Gasteiger partial charge on any atom is 0.203 e. The van der Waals surface area contributed by atoms with Crippen LogP contribution in [0.3, 0.4) is 0 Å². The molecule has 8 nitrogen and oxygen atoms in total. The van der Waals surface area contributed by atoms with E-state index in [1.54, 1.807) is 28.4 Å². The molecule has 0 spiro atoms. The van der Waals surface area contributed by atoms with Gasteiger partial charge in [-0.05, 0) is 35.4 Å². The summed E-state index contributed by atoms with van der Waals surface area (Å²) < 4.78 is 21.7. The normalized spacial score (nSPS) is 14.3. The fourth-order valence-electron chi connectivity index (χ4n) is 3.90. The summed E-state index contributed by atoms with van der Waals surface area (Å²) in [7, 11) is 8.42. The number of nitrogens with one attached hydrogen (secondary N) is 1. The predicted octanol–water partition coefficient (Wildman–Crippen LogP) is 3.23. The van der Waals surface area contributed by atoms with Gasteiger partial charge in [-0.3, -0.25) is 9.89 Å². The zero-order chi connectivity index (χ0) is 22.9. The number of benzene rings is 2. The first-order valence-corrected chi connectivity index (χ1v) is 10.7. The first-order chi connectivity index (χ1) is 15.6. The molecule has 3 rings (SSSR count). The van der Waals surface area contributed by atoms with Gasteiger partial charge in [0.2, 0.25) is 5.75 Å². The summed E-state index contributed by atoms with van der Waals surface area (Å²) in [6.07, 6.45) is 0. The predicted molar refractivity (Wildman–Crippen MR) is 142 cm³/mol. The Morgan fingerprint density at radius 2 is 1.55 bits per heavy atom. The lowest BCUT2D eigenvalue weighted by molar-refractivity contribution is 0.172. The highest BCUT2D eigenvalue weighted by Crippen LogP contribution is 2.38. The number of hydrogen-bond acceptors (Lipinski definition) is 6. The van der Waals surface area contributed by atoms with Gasteiger partial charge in [0.1, 0.15) is 5.75 Å². The van der Waals surface area contributed by atoms with E-state index < -0.39 is 0 Å². The largest absolute Gasteiger partial charge is 0.497 e. The van der Waals surface area contributed by atoms with Gasteiger partial charge in [-0.1, -0.05) is 12.1 Å². The van der Waals surface area contributed by atoms with Crippen molar-refractivity contribution in [2.45, 2.75) is 13.1 Å². The summed E-state index contributed by atoms with van der Waals surface area (Å²) in [4.78, 5) is 9.20. The molecule has 1 heterocycles. The maximum absolute atomic E-state index is 5.49. The van der Waals surface area contributed by atoms with Crippen LogP contribution in [0.2, 0.25) is 0 Å². The zero-order valence-corrected chi connectivity index (χ0v) is 22.4. The third-order valence-electron chi connectivity index (χ3n) is 5.60. The van der Waals surface area contributed by atoms with Crippen LogP contribution in [0.4, 0.5) is 0 Å². The van der Waals surface area contributed by atoms with Crippen LogP contribution >= 0.6 is 24.0 Å². The number of ether oxygens (including phenoxy) is 4. The minimum Gasteiger partial charge on any atom is -0.497 e. The van der Waals surface area contributed by atoms with E-state index in [2.05, 4.69) is 26.2 Å². The standard InChI is InChI=1S/C24H34N4O4.HI/c1-25-24(26-16-18-7-6-8-20(13-18)29-2)28-11-9-27(10-12-28)17-19-14-21(30-3)23(32-5)22(15-19)31-4;/h6-8,13-15H,9-12,16-17H2,1-5H3,(H,25,26);1H. The van der Waals surface area contributed by atoms with Crippen molar-refractivity contribution in [1.29, 1.82) is 0 Å². The van der Waals surface area contributed by atoms with Crippen molar-refractivity contribution < 1.29 is 18.9 Å². The number of piperazine rings is 1. The lowest BCUT2D eigenvalue weighted by Gasteiger charge is -2.36. The molecule has 33 heavy (non-hydrogen) atoms. The maximum atomic E-state index is 5.49. The van der Waals surface area contributed by atoms with E-state index in [1.807, 2.05) is 37.4 Å². The van der Waals surface area contributed by atoms with Crippen LogP contribution in [0.1, 0.15) is 11.1 Å². The second-order valence-electron chi connectivity index (χ2n) is 7.55. The second kappa shape index (κ2) is 13.3. The molecule has 1 aliphatic heterocycles. The molecule has 182 valence electrons. The number of halogens is 1. The van der Waals surface area contributed by atoms with Gasteiger partial charge < -0.3 is 29.2 Å². The van der Waals surface area contributed by atoms with Crippen LogP contribution in [0, 0.1) is 0 Å². The first kappa shape index (κ1) is 26.8. The van der Waals surface area contributed by atoms with Crippen LogP contribution in [-0.2, 0) is 13.1 Å². The van der Waals surface area contributed by atoms with E-state index in [0.29, 0.717) is 23.8 Å². The average molecular weight is 570 g/mol. The van der Waals surface area contributed by atoms with Crippen molar-refractivity contribution in [2.75, 3.05) is 61.7 Å². The molecule has 2 aromatic carbocycles. The lowest BCUT2D eigenvalue weighted by Crippen LogP contribution is -2.52. The van der Waals surface area contributed by atoms with E-state index in [1.165, 1.54) is 0 Å². The van der Waals surface area contributed by atoms with Crippen molar-refractivity contribution in [1.82, 2.24) is 15.1 Å². The average Bonchev–Trinajstić information content (AvgIpc) is 2.84. The topological polar surface area (TPSA) is 67.8 Å². The third kappa shape index (κ3) is 7.04. The van der Waals surface area contributed by atoms with Crippen molar-refractivity contribution >= 4 is 29.9 Å². The van der Waals surface area contributed by atoms with Crippen LogP contribution < -0.4 is 24.3 Å². The minimum absolute atomic E-state index is 0. The first-order valence-electron chi connectivity index (χ1n) is 10.7. The number of hydrogen-bond donors (Lipinski definition) is 1. The number of methoxy groups -OCH3 is 4. The Balaban J connectivity index is 0.00000385. The van der Waals surface area contributed by atoms with E-state index >= 15 is 0 Å². The van der Waals surface area contributed by atoms with E-state index in [4.69, 9.17) is 18.9 Å². The van der Waals surface area contributed by atoms with Crippen LogP contribution in [-0.4, -0.2) is 77.4 Å². The molecule has 1 N–H and O–H groups in total. The van der Waals surface area contributed by atoms with E-state index in [0.717, 1.165) is 55.6 Å². The lowest BCUT2D eigenvalue weighted by atomic mass is 10.1. The van der Waals surface area contributed by atoms with Gasteiger partial charge >= 0.3 is 0 Å². The van der Waals surface area contributed by atoms with Crippen LogP contribution in [0.15, 0.2) is 41.4 Å². The van der Waals surface area contributed by atoms with Gasteiger partial charge in [-0.2, -0.15) is 0 Å². The molecule has 0 saturated carbocycles. The van der Waals surface area contributed by atoms with Gasteiger partial charge in [-0.15, -0.1) is 24.0 Å². The minimum atomic E-state index is 0. The van der Waals surface area contributed by atoms with Crippen molar-refractivity contribution in [3.05, 3.63) is 47.5 Å². The number of rotatable bonds is 8. The van der Waals surface area contributed by atoms with Crippen molar-refractivity contribution in [3.8, 4) is 23.0 Å². The molecule has 2 aromatic rings. The molecule has 1 fully saturated rings. The Morgan fingerprint density at radius 3 is 2.09 bits per heavy atom. The molecule has 0 amide bonds. The number of aliphatic imine (C=N–C) groups is 1.